The summed E-state index contributed by atoms with van der Waals surface area (Å²) in [5.74, 6) is 0.357. The summed E-state index contributed by atoms with van der Waals surface area (Å²) in [6, 6.07) is 10.2. The zero-order valence-electron chi connectivity index (χ0n) is 8.64. The summed E-state index contributed by atoms with van der Waals surface area (Å²) >= 11 is 0. The molecule has 0 bridgehead atoms. The molecule has 0 saturated carbocycles. The van der Waals surface area contributed by atoms with Crippen molar-refractivity contribution >= 4 is 13.9 Å². The van der Waals surface area contributed by atoms with Gasteiger partial charge in [-0.15, -0.1) is 5.47 Å². The molecule has 72 valence electrons. The molecule has 0 nitrogen and oxygen atoms in total. The van der Waals surface area contributed by atoms with Crippen LogP contribution in [-0.2, 0) is 0 Å². The molecule has 1 aliphatic carbocycles. The average molecular weight is 192 g/mol. The highest BCUT2D eigenvalue weighted by molar-refractivity contribution is 6.24. The van der Waals surface area contributed by atoms with Crippen molar-refractivity contribution in [2.24, 2.45) is 5.92 Å². The summed E-state index contributed by atoms with van der Waals surface area (Å²) in [7, 11) is 6.06. The lowest BCUT2D eigenvalue weighted by Gasteiger charge is -2.14. The van der Waals surface area contributed by atoms with Crippen LogP contribution in [0.25, 0.3) is 6.08 Å². The molecule has 0 fully saturated rings. The van der Waals surface area contributed by atoms with Gasteiger partial charge in [0.2, 0.25) is 0 Å². The van der Waals surface area contributed by atoms with Gasteiger partial charge in [0.15, 0.2) is 0 Å². The lowest BCUT2D eigenvalue weighted by Crippen LogP contribution is -2.01. The molecule has 1 aromatic carbocycles. The smallest absolute Gasteiger partial charge is 0.108 e. The lowest BCUT2D eigenvalue weighted by atomic mass is 9.79. The number of hydrogen-bond donors (Lipinski definition) is 0. The maximum Gasteiger partial charge on any atom is 0.108 e. The second-order valence-corrected chi connectivity index (χ2v) is 3.71. The molecule has 2 rings (SSSR count). The van der Waals surface area contributed by atoms with E-state index in [0.29, 0.717) is 5.92 Å². The van der Waals surface area contributed by atoms with E-state index in [1.54, 1.807) is 0 Å². The van der Waals surface area contributed by atoms with Crippen molar-refractivity contribution in [3.63, 3.8) is 0 Å². The SMILES string of the molecule is [B]/C(=C/c1ccccc1)C1C=CC=CC1. The van der Waals surface area contributed by atoms with Crippen LogP contribution in [-0.4, -0.2) is 7.85 Å². The van der Waals surface area contributed by atoms with Gasteiger partial charge < -0.3 is 0 Å². The minimum absolute atomic E-state index is 0.357. The first kappa shape index (κ1) is 10.0. The molecule has 1 heteroatoms. The van der Waals surface area contributed by atoms with Crippen LogP contribution >= 0.6 is 0 Å². The van der Waals surface area contributed by atoms with Crippen molar-refractivity contribution in [3.8, 4) is 0 Å². The normalized spacial score (nSPS) is 20.5. The van der Waals surface area contributed by atoms with E-state index >= 15 is 0 Å². The molecule has 0 spiro atoms. The quantitative estimate of drug-likeness (QED) is 0.630. The van der Waals surface area contributed by atoms with Crippen LogP contribution in [0.4, 0.5) is 0 Å². The molecule has 0 aliphatic heterocycles. The van der Waals surface area contributed by atoms with E-state index in [1.165, 1.54) is 0 Å². The van der Waals surface area contributed by atoms with E-state index in [-0.39, 0.29) is 0 Å². The number of hydrogen-bond acceptors (Lipinski definition) is 0. The topological polar surface area (TPSA) is 0 Å². The molecule has 0 aromatic heterocycles. The van der Waals surface area contributed by atoms with Crippen LogP contribution in [0.3, 0.4) is 0 Å². The second-order valence-electron chi connectivity index (χ2n) is 3.71. The molecule has 2 radical (unpaired) electrons. The molecule has 15 heavy (non-hydrogen) atoms. The molecule has 1 atom stereocenters. The van der Waals surface area contributed by atoms with Gasteiger partial charge in [-0.05, 0) is 17.9 Å². The first-order chi connectivity index (χ1) is 7.36. The van der Waals surface area contributed by atoms with Gasteiger partial charge in [0.1, 0.15) is 7.85 Å². The average Bonchev–Trinajstić information content (AvgIpc) is 2.31. The molecular formula is C14H13B. The molecule has 0 heterocycles. The summed E-state index contributed by atoms with van der Waals surface area (Å²) in [4.78, 5) is 0. The monoisotopic (exact) mass is 192 g/mol. The molecule has 1 aliphatic rings. The maximum atomic E-state index is 6.06. The van der Waals surface area contributed by atoms with Gasteiger partial charge in [-0.25, -0.2) is 0 Å². The Hall–Kier alpha value is -1.50. The lowest BCUT2D eigenvalue weighted by molar-refractivity contribution is 0.810. The summed E-state index contributed by atoms with van der Waals surface area (Å²) < 4.78 is 0. The van der Waals surface area contributed by atoms with Gasteiger partial charge in [-0.3, -0.25) is 0 Å². The minimum Gasteiger partial charge on any atom is -0.110 e. The zero-order chi connectivity index (χ0) is 10.5. The Bertz CT molecular complexity index is 399. The van der Waals surface area contributed by atoms with Crippen molar-refractivity contribution < 1.29 is 0 Å². The number of benzene rings is 1. The fourth-order valence-corrected chi connectivity index (χ4v) is 1.68. The van der Waals surface area contributed by atoms with Crippen LogP contribution in [0.15, 0.2) is 60.1 Å². The van der Waals surface area contributed by atoms with Crippen molar-refractivity contribution in [2.75, 3.05) is 0 Å². The van der Waals surface area contributed by atoms with Crippen LogP contribution < -0.4 is 0 Å². The van der Waals surface area contributed by atoms with Gasteiger partial charge in [0.25, 0.3) is 0 Å². The van der Waals surface area contributed by atoms with E-state index in [1.807, 2.05) is 24.3 Å². The van der Waals surface area contributed by atoms with Gasteiger partial charge in [-0.1, -0.05) is 60.7 Å². The highest BCUT2D eigenvalue weighted by atomic mass is 14.1. The van der Waals surface area contributed by atoms with Gasteiger partial charge >= 0.3 is 0 Å². The van der Waals surface area contributed by atoms with E-state index in [4.69, 9.17) is 7.85 Å². The Balaban J connectivity index is 2.14. The van der Waals surface area contributed by atoms with Crippen LogP contribution in [0.1, 0.15) is 12.0 Å². The molecule has 0 saturated heterocycles. The van der Waals surface area contributed by atoms with E-state index < -0.39 is 0 Å². The third-order valence-corrected chi connectivity index (χ3v) is 2.54. The Labute approximate surface area is 92.4 Å². The Kier molecular flexibility index (Phi) is 3.23. The van der Waals surface area contributed by atoms with Crippen LogP contribution in [0.2, 0.25) is 0 Å². The fourth-order valence-electron chi connectivity index (χ4n) is 1.68. The predicted molar refractivity (Wildman–Crippen MR) is 66.6 cm³/mol. The third-order valence-electron chi connectivity index (χ3n) is 2.54. The third kappa shape index (κ3) is 2.72. The van der Waals surface area contributed by atoms with Crippen molar-refractivity contribution in [2.45, 2.75) is 6.42 Å². The number of rotatable bonds is 2. The van der Waals surface area contributed by atoms with E-state index in [9.17, 15) is 0 Å². The summed E-state index contributed by atoms with van der Waals surface area (Å²) in [6.07, 6.45) is 11.5. The Morgan fingerprint density at radius 3 is 2.67 bits per heavy atom. The molecule has 1 aromatic rings. The van der Waals surface area contributed by atoms with Crippen LogP contribution in [0, 0.1) is 5.92 Å². The summed E-state index contributed by atoms with van der Waals surface area (Å²) in [5, 5.41) is 0. The molecule has 1 unspecified atom stereocenters. The first-order valence-electron chi connectivity index (χ1n) is 5.22. The van der Waals surface area contributed by atoms with Crippen molar-refractivity contribution in [1.29, 1.82) is 0 Å². The predicted octanol–water partition coefficient (Wildman–Crippen LogP) is 3.33. The molecule has 0 amide bonds. The second kappa shape index (κ2) is 4.83. The first-order valence-corrected chi connectivity index (χ1v) is 5.22. The largest absolute Gasteiger partial charge is 0.110 e. The highest BCUT2D eigenvalue weighted by Gasteiger charge is 2.06. The zero-order valence-corrected chi connectivity index (χ0v) is 8.64. The van der Waals surface area contributed by atoms with Gasteiger partial charge in [0, 0.05) is 0 Å². The standard InChI is InChI=1S/C14H13B/c15-14(13-9-5-2-6-10-13)11-12-7-3-1-4-8-12/h1-9,11,13H,10H2/b14-11+. The van der Waals surface area contributed by atoms with Gasteiger partial charge in [-0.2, -0.15) is 0 Å². The summed E-state index contributed by atoms with van der Waals surface area (Å²) in [5.41, 5.74) is 2.10. The van der Waals surface area contributed by atoms with Crippen LogP contribution in [0.5, 0.6) is 0 Å². The molecule has 0 N–H and O–H groups in total. The summed E-state index contributed by atoms with van der Waals surface area (Å²) in [6.45, 7) is 0. The van der Waals surface area contributed by atoms with Gasteiger partial charge in [0.05, 0.1) is 0 Å². The van der Waals surface area contributed by atoms with Crippen molar-refractivity contribution in [1.82, 2.24) is 0 Å². The number of allylic oxidation sites excluding steroid dienone is 5. The molecular weight excluding hydrogens is 179 g/mol. The maximum absolute atomic E-state index is 6.06. The van der Waals surface area contributed by atoms with E-state index in [2.05, 4.69) is 36.4 Å². The van der Waals surface area contributed by atoms with Crippen molar-refractivity contribution in [3.05, 3.63) is 65.7 Å². The Morgan fingerprint density at radius 2 is 2.00 bits per heavy atom. The Morgan fingerprint density at radius 1 is 1.20 bits per heavy atom. The highest BCUT2D eigenvalue weighted by Crippen LogP contribution is 2.20. The van der Waals surface area contributed by atoms with E-state index in [0.717, 1.165) is 17.5 Å². The fraction of sp³-hybridized carbons (Fsp3) is 0.143. The minimum atomic E-state index is 0.357.